The van der Waals surface area contributed by atoms with Crippen molar-refractivity contribution in [3.63, 3.8) is 0 Å². The van der Waals surface area contributed by atoms with Crippen molar-refractivity contribution in [1.29, 1.82) is 0 Å². The topological polar surface area (TPSA) is 81.7 Å². The van der Waals surface area contributed by atoms with E-state index in [0.29, 0.717) is 24.5 Å². The van der Waals surface area contributed by atoms with E-state index in [4.69, 9.17) is 14.2 Å². The summed E-state index contributed by atoms with van der Waals surface area (Å²) in [6.07, 6.45) is 4.13. The van der Waals surface area contributed by atoms with Crippen LogP contribution < -0.4 is 20.1 Å². The second-order valence-electron chi connectivity index (χ2n) is 5.61. The lowest BCUT2D eigenvalue weighted by atomic mass is 10.2. The van der Waals surface area contributed by atoms with Gasteiger partial charge in [0.2, 0.25) is 6.79 Å². The molecule has 1 aromatic heterocycles. The van der Waals surface area contributed by atoms with Crippen LogP contribution in [0, 0.1) is 0 Å². The zero-order valence-corrected chi connectivity index (χ0v) is 14.1. The van der Waals surface area contributed by atoms with E-state index in [1.807, 2.05) is 18.2 Å². The van der Waals surface area contributed by atoms with Gasteiger partial charge in [0.1, 0.15) is 0 Å². The van der Waals surface area contributed by atoms with E-state index in [1.54, 1.807) is 25.6 Å². The van der Waals surface area contributed by atoms with E-state index in [1.165, 1.54) is 0 Å². The van der Waals surface area contributed by atoms with Gasteiger partial charge < -0.3 is 24.8 Å². The number of nitrogens with one attached hydrogen (secondary N) is 2. The predicted octanol–water partition coefficient (Wildman–Crippen LogP) is 2.19. The lowest BCUT2D eigenvalue weighted by Gasteiger charge is -2.09. The smallest absolute Gasteiger partial charge is 0.253 e. The van der Waals surface area contributed by atoms with E-state index in [2.05, 4.69) is 15.6 Å². The van der Waals surface area contributed by atoms with Crippen molar-refractivity contribution in [2.45, 2.75) is 13.0 Å². The molecule has 1 aromatic carbocycles. The van der Waals surface area contributed by atoms with Gasteiger partial charge in [0.25, 0.3) is 5.91 Å². The summed E-state index contributed by atoms with van der Waals surface area (Å²) < 4.78 is 15.6. The average Bonchev–Trinajstić information content (AvgIpc) is 3.11. The SMILES string of the molecule is COCCCNc1cncc(C(=O)NCc2ccc3c(c2)OCO3)c1. The van der Waals surface area contributed by atoms with Gasteiger partial charge in [-0.25, -0.2) is 0 Å². The van der Waals surface area contributed by atoms with Gasteiger partial charge in [0.05, 0.1) is 11.3 Å². The quantitative estimate of drug-likeness (QED) is 0.715. The molecule has 1 aliphatic heterocycles. The molecule has 0 atom stereocenters. The number of benzene rings is 1. The first-order valence-electron chi connectivity index (χ1n) is 8.11. The third-order valence-corrected chi connectivity index (χ3v) is 3.74. The lowest BCUT2D eigenvalue weighted by Crippen LogP contribution is -2.23. The Balaban J connectivity index is 1.54. The van der Waals surface area contributed by atoms with Crippen molar-refractivity contribution in [2.24, 2.45) is 0 Å². The molecule has 0 aliphatic carbocycles. The number of hydrogen-bond acceptors (Lipinski definition) is 6. The Kier molecular flexibility index (Phi) is 5.69. The summed E-state index contributed by atoms with van der Waals surface area (Å²) >= 11 is 0. The fraction of sp³-hybridized carbons (Fsp3) is 0.333. The van der Waals surface area contributed by atoms with Gasteiger partial charge >= 0.3 is 0 Å². The van der Waals surface area contributed by atoms with E-state index >= 15 is 0 Å². The Morgan fingerprint density at radius 1 is 1.24 bits per heavy atom. The molecule has 0 spiro atoms. The van der Waals surface area contributed by atoms with Crippen LogP contribution in [-0.4, -0.2) is 37.9 Å². The summed E-state index contributed by atoms with van der Waals surface area (Å²) in [4.78, 5) is 16.4. The molecule has 2 heterocycles. The van der Waals surface area contributed by atoms with Crippen LogP contribution >= 0.6 is 0 Å². The Morgan fingerprint density at radius 2 is 2.12 bits per heavy atom. The van der Waals surface area contributed by atoms with Crippen LogP contribution in [0.4, 0.5) is 5.69 Å². The molecule has 3 rings (SSSR count). The van der Waals surface area contributed by atoms with Gasteiger partial charge in [0, 0.05) is 39.2 Å². The number of rotatable bonds is 8. The molecule has 0 radical (unpaired) electrons. The highest BCUT2D eigenvalue weighted by molar-refractivity contribution is 5.94. The van der Waals surface area contributed by atoms with Crippen molar-refractivity contribution >= 4 is 11.6 Å². The van der Waals surface area contributed by atoms with Gasteiger partial charge in [-0.05, 0) is 30.2 Å². The number of amides is 1. The van der Waals surface area contributed by atoms with Crippen molar-refractivity contribution in [2.75, 3.05) is 32.4 Å². The molecular weight excluding hydrogens is 322 g/mol. The van der Waals surface area contributed by atoms with Gasteiger partial charge in [-0.15, -0.1) is 0 Å². The van der Waals surface area contributed by atoms with Crippen molar-refractivity contribution in [1.82, 2.24) is 10.3 Å². The van der Waals surface area contributed by atoms with Crippen molar-refractivity contribution in [3.8, 4) is 11.5 Å². The maximum atomic E-state index is 12.3. The number of carbonyl (C=O) groups is 1. The first-order chi connectivity index (χ1) is 12.3. The molecule has 1 amide bonds. The summed E-state index contributed by atoms with van der Waals surface area (Å²) in [5.74, 6) is 1.26. The second kappa shape index (κ2) is 8.34. The maximum absolute atomic E-state index is 12.3. The predicted molar refractivity (Wildman–Crippen MR) is 93.0 cm³/mol. The second-order valence-corrected chi connectivity index (χ2v) is 5.61. The minimum absolute atomic E-state index is 0.175. The molecule has 25 heavy (non-hydrogen) atoms. The highest BCUT2D eigenvalue weighted by Gasteiger charge is 2.14. The summed E-state index contributed by atoms with van der Waals surface area (Å²) in [5, 5.41) is 6.11. The van der Waals surface area contributed by atoms with E-state index in [-0.39, 0.29) is 12.7 Å². The Morgan fingerprint density at radius 3 is 3.00 bits per heavy atom. The number of pyridine rings is 1. The molecule has 7 heteroatoms. The molecule has 7 nitrogen and oxygen atoms in total. The third kappa shape index (κ3) is 4.60. The van der Waals surface area contributed by atoms with Crippen LogP contribution in [0.3, 0.4) is 0 Å². The minimum atomic E-state index is -0.175. The number of carbonyl (C=O) groups excluding carboxylic acids is 1. The molecule has 2 N–H and O–H groups in total. The zero-order valence-electron chi connectivity index (χ0n) is 14.1. The number of ether oxygens (including phenoxy) is 3. The first-order valence-corrected chi connectivity index (χ1v) is 8.11. The van der Waals surface area contributed by atoms with Crippen LogP contribution in [0.25, 0.3) is 0 Å². The van der Waals surface area contributed by atoms with Crippen molar-refractivity contribution in [3.05, 3.63) is 47.8 Å². The summed E-state index contributed by atoms with van der Waals surface area (Å²) in [6, 6.07) is 7.40. The highest BCUT2D eigenvalue weighted by atomic mass is 16.7. The number of hydrogen-bond donors (Lipinski definition) is 2. The van der Waals surface area contributed by atoms with Gasteiger partial charge in [0.15, 0.2) is 11.5 Å². The van der Waals surface area contributed by atoms with Crippen molar-refractivity contribution < 1.29 is 19.0 Å². The monoisotopic (exact) mass is 343 g/mol. The lowest BCUT2D eigenvalue weighted by molar-refractivity contribution is 0.0950. The normalized spacial score (nSPS) is 12.0. The van der Waals surface area contributed by atoms with E-state index in [9.17, 15) is 4.79 Å². The molecule has 0 saturated carbocycles. The molecule has 1 aliphatic rings. The molecule has 0 saturated heterocycles. The molecular formula is C18H21N3O4. The van der Waals surface area contributed by atoms with E-state index < -0.39 is 0 Å². The fourth-order valence-electron chi connectivity index (χ4n) is 2.45. The fourth-order valence-corrected chi connectivity index (χ4v) is 2.45. The van der Waals surface area contributed by atoms with E-state index in [0.717, 1.165) is 30.0 Å². The third-order valence-electron chi connectivity index (χ3n) is 3.74. The Labute approximate surface area is 146 Å². The number of anilines is 1. The molecule has 0 unspecified atom stereocenters. The standard InChI is InChI=1S/C18H21N3O4/c1-23-6-2-5-20-15-8-14(10-19-11-15)18(22)21-9-13-3-4-16-17(7-13)25-12-24-16/h3-4,7-8,10-11,20H,2,5-6,9,12H2,1H3,(H,21,22). The first kappa shape index (κ1) is 17.0. The maximum Gasteiger partial charge on any atom is 0.253 e. The van der Waals surface area contributed by atoms with Crippen LogP contribution in [0.5, 0.6) is 11.5 Å². The molecule has 2 aromatic rings. The summed E-state index contributed by atoms with van der Waals surface area (Å²) in [5.41, 5.74) is 2.27. The zero-order chi connectivity index (χ0) is 17.5. The van der Waals surface area contributed by atoms with Crippen LogP contribution in [-0.2, 0) is 11.3 Å². The average molecular weight is 343 g/mol. The van der Waals surface area contributed by atoms with Gasteiger partial charge in [-0.1, -0.05) is 6.07 Å². The largest absolute Gasteiger partial charge is 0.454 e. The van der Waals surface area contributed by atoms with Crippen LogP contribution in [0.2, 0.25) is 0 Å². The Hall–Kier alpha value is -2.80. The number of methoxy groups -OCH3 is 1. The summed E-state index contributed by atoms with van der Waals surface area (Å²) in [6.45, 7) is 2.09. The minimum Gasteiger partial charge on any atom is -0.454 e. The molecule has 0 bridgehead atoms. The molecule has 132 valence electrons. The Bertz CT molecular complexity index is 736. The van der Waals surface area contributed by atoms with Crippen LogP contribution in [0.15, 0.2) is 36.7 Å². The van der Waals surface area contributed by atoms with Crippen LogP contribution in [0.1, 0.15) is 22.3 Å². The molecule has 0 fully saturated rings. The van der Waals surface area contributed by atoms with Gasteiger partial charge in [-0.3, -0.25) is 9.78 Å². The highest BCUT2D eigenvalue weighted by Crippen LogP contribution is 2.32. The number of nitrogens with zero attached hydrogens (tertiary/aromatic N) is 1. The summed E-state index contributed by atoms with van der Waals surface area (Å²) in [7, 11) is 1.67. The van der Waals surface area contributed by atoms with Gasteiger partial charge in [-0.2, -0.15) is 0 Å². The number of fused-ring (bicyclic) bond motifs is 1. The number of aromatic nitrogens is 1.